The van der Waals surface area contributed by atoms with Crippen LogP contribution in [-0.2, 0) is 0 Å². The zero-order chi connectivity index (χ0) is 41.1. The van der Waals surface area contributed by atoms with Crippen molar-refractivity contribution >= 4 is 76.2 Å². The molecular formula is C51H29N3O2. The van der Waals surface area contributed by atoms with Gasteiger partial charge in [-0.1, -0.05) is 127 Å². The van der Waals surface area contributed by atoms with Gasteiger partial charge in [0.25, 0.3) is 0 Å². The third kappa shape index (κ3) is 4.78. The molecule has 0 unspecified atom stereocenters. The number of aromatic nitrogens is 3. The topological polar surface area (TPSA) is 65.0 Å². The van der Waals surface area contributed by atoms with E-state index in [1.165, 1.54) is 32.3 Å². The Hall–Kier alpha value is -7.63. The molecule has 3 aromatic heterocycles. The first-order valence-electron chi connectivity index (χ1n) is 20.8. The number of rotatable bonds is 4. The van der Waals surface area contributed by atoms with Crippen LogP contribution in [0.2, 0.25) is 0 Å². The van der Waals surface area contributed by atoms with Gasteiger partial charge in [-0.15, -0.1) is 0 Å². The Morgan fingerprint density at radius 1 is 0.304 bits per heavy atom. The largest absolute Gasteiger partial charge is 0.456 e. The van der Waals surface area contributed by atoms with Crippen molar-refractivity contribution in [1.29, 1.82) is 0 Å². The molecule has 0 saturated carbocycles. The van der Waals surface area contributed by atoms with Gasteiger partial charge in [0.15, 0.2) is 17.5 Å². The zero-order valence-corrected chi connectivity index (χ0v) is 29.5. The van der Waals surface area contributed by atoms with Crippen molar-refractivity contribution in [2.24, 2.45) is 0 Å². The van der Waals surface area contributed by atoms with E-state index in [9.17, 15) is 0 Å². The molecule has 0 atom stereocenters. The monoisotopic (exact) mass is 720 g/mol. The van der Waals surface area contributed by atoms with Crippen LogP contribution >= 0.6 is 0 Å². The van der Waals surface area contributed by atoms with Crippen molar-refractivity contribution in [3.8, 4) is 45.3 Å². The first-order valence-corrected chi connectivity index (χ1v) is 18.3. The fourth-order valence-electron chi connectivity index (χ4n) is 8.16. The summed E-state index contributed by atoms with van der Waals surface area (Å²) in [6.07, 6.45) is 0. The maximum absolute atomic E-state index is 8.75. The van der Waals surface area contributed by atoms with Crippen LogP contribution in [0, 0.1) is 0 Å². The van der Waals surface area contributed by atoms with Gasteiger partial charge in [0.2, 0.25) is 0 Å². The van der Waals surface area contributed by atoms with E-state index in [2.05, 4.69) is 78.9 Å². The lowest BCUT2D eigenvalue weighted by molar-refractivity contribution is 0.668. The standard InChI is InChI=1S/C51H29N3O2/c1-2-10-30(11-3-1)49-52-50(33-19-23-41-40-16-8-9-17-45(40)55-47(41)28-33)54-51(53-49)34-20-24-42-44-27-32(21-25-46(44)56-48(42)29-34)31-18-22-39-37-14-5-4-12-35(37)36-13-6-7-15-38(36)43(39)26-31/h1-29H/i1D,2D,3D,10D,11D. The van der Waals surface area contributed by atoms with Crippen LogP contribution in [0.15, 0.2) is 185 Å². The summed E-state index contributed by atoms with van der Waals surface area (Å²) in [6.45, 7) is 0. The fourth-order valence-corrected chi connectivity index (χ4v) is 8.16. The van der Waals surface area contributed by atoms with E-state index in [4.69, 9.17) is 30.6 Å². The highest BCUT2D eigenvalue weighted by Crippen LogP contribution is 2.40. The molecule has 0 bridgehead atoms. The quantitative estimate of drug-likeness (QED) is 0.169. The summed E-state index contributed by atoms with van der Waals surface area (Å²) in [5, 5.41) is 11.1. The van der Waals surface area contributed by atoms with Crippen molar-refractivity contribution in [1.82, 2.24) is 15.0 Å². The summed E-state index contributed by atoms with van der Waals surface area (Å²) in [7, 11) is 0. The van der Waals surface area contributed by atoms with E-state index in [-0.39, 0.29) is 23.0 Å². The number of furan rings is 2. The molecule has 9 aromatic carbocycles. The highest BCUT2D eigenvalue weighted by Gasteiger charge is 2.17. The van der Waals surface area contributed by atoms with Crippen LogP contribution in [0.5, 0.6) is 0 Å². The summed E-state index contributed by atoms with van der Waals surface area (Å²) < 4.78 is 55.0. The lowest BCUT2D eigenvalue weighted by Gasteiger charge is -2.12. The molecule has 260 valence electrons. The van der Waals surface area contributed by atoms with Crippen molar-refractivity contribution in [2.45, 2.75) is 0 Å². The van der Waals surface area contributed by atoms with Gasteiger partial charge in [-0.2, -0.15) is 0 Å². The van der Waals surface area contributed by atoms with Gasteiger partial charge in [-0.3, -0.25) is 0 Å². The molecule has 0 amide bonds. The van der Waals surface area contributed by atoms with Crippen molar-refractivity contribution in [3.63, 3.8) is 0 Å². The Labute approximate surface area is 327 Å². The van der Waals surface area contributed by atoms with E-state index >= 15 is 0 Å². The normalized spacial score (nSPS) is 13.2. The molecule has 12 aromatic rings. The third-order valence-electron chi connectivity index (χ3n) is 10.8. The van der Waals surface area contributed by atoms with Crippen LogP contribution in [0.4, 0.5) is 0 Å². The molecule has 56 heavy (non-hydrogen) atoms. The van der Waals surface area contributed by atoms with Gasteiger partial charge in [-0.25, -0.2) is 15.0 Å². The maximum atomic E-state index is 8.75. The summed E-state index contributed by atoms with van der Waals surface area (Å²) in [4.78, 5) is 14.4. The molecule has 0 radical (unpaired) electrons. The SMILES string of the molecule is [2H]c1c([2H])c([2H])c(-c2nc(-c3ccc4c(c3)oc3ccccc34)nc(-c3ccc4c(c3)oc3ccc(-c5ccc6c7ccccc7c7ccccc7c6c5)cc34)n2)c([2H])c1[2H]. The summed E-state index contributed by atoms with van der Waals surface area (Å²) in [5.74, 6) is 0.447. The lowest BCUT2D eigenvalue weighted by Crippen LogP contribution is -2.00. The average Bonchev–Trinajstić information content (AvgIpc) is 3.87. The molecule has 0 N–H and O–H groups in total. The van der Waals surface area contributed by atoms with Gasteiger partial charge >= 0.3 is 0 Å². The minimum Gasteiger partial charge on any atom is -0.456 e. The Bertz CT molecular complexity index is 3790. The molecule has 3 heterocycles. The van der Waals surface area contributed by atoms with E-state index in [0.29, 0.717) is 22.3 Å². The molecule has 0 aliphatic rings. The number of nitrogens with zero attached hydrogens (tertiary/aromatic N) is 3. The molecule has 0 spiro atoms. The van der Waals surface area contributed by atoms with E-state index in [1.54, 1.807) is 0 Å². The van der Waals surface area contributed by atoms with E-state index in [1.807, 2.05) is 66.7 Å². The lowest BCUT2D eigenvalue weighted by atomic mass is 9.92. The number of benzene rings is 9. The number of hydrogen-bond donors (Lipinski definition) is 0. The molecule has 12 rings (SSSR count). The fraction of sp³-hybridized carbons (Fsp3) is 0. The Morgan fingerprint density at radius 3 is 1.34 bits per heavy atom. The predicted molar refractivity (Wildman–Crippen MR) is 229 cm³/mol. The van der Waals surface area contributed by atoms with Gasteiger partial charge in [0, 0.05) is 38.2 Å². The van der Waals surface area contributed by atoms with Crippen LogP contribution in [0.25, 0.3) is 121 Å². The Morgan fingerprint density at radius 2 is 0.714 bits per heavy atom. The van der Waals surface area contributed by atoms with Crippen molar-refractivity contribution in [2.75, 3.05) is 0 Å². The van der Waals surface area contributed by atoms with Crippen molar-refractivity contribution < 1.29 is 15.7 Å². The van der Waals surface area contributed by atoms with E-state index in [0.717, 1.165) is 43.8 Å². The first kappa shape index (κ1) is 26.2. The van der Waals surface area contributed by atoms with Crippen LogP contribution < -0.4 is 0 Å². The molecule has 5 heteroatoms. The van der Waals surface area contributed by atoms with Gasteiger partial charge in [0.05, 0.1) is 6.85 Å². The molecule has 0 aliphatic carbocycles. The van der Waals surface area contributed by atoms with E-state index < -0.39 is 30.2 Å². The molecule has 0 aliphatic heterocycles. The highest BCUT2D eigenvalue weighted by atomic mass is 16.3. The summed E-state index contributed by atoms with van der Waals surface area (Å²) in [6, 6.07) is 47.0. The molecule has 5 nitrogen and oxygen atoms in total. The number of para-hydroxylation sites is 1. The number of hydrogen-bond acceptors (Lipinski definition) is 5. The highest BCUT2D eigenvalue weighted by molar-refractivity contribution is 6.25. The molecule has 0 fully saturated rings. The zero-order valence-electron chi connectivity index (χ0n) is 34.5. The molecule has 0 saturated heterocycles. The minimum atomic E-state index is -0.496. The van der Waals surface area contributed by atoms with Crippen LogP contribution in [0.1, 0.15) is 6.85 Å². The average molecular weight is 721 g/mol. The summed E-state index contributed by atoms with van der Waals surface area (Å²) in [5.41, 5.74) is 5.98. The van der Waals surface area contributed by atoms with Gasteiger partial charge in [-0.05, 0) is 92.0 Å². The smallest absolute Gasteiger partial charge is 0.164 e. The third-order valence-corrected chi connectivity index (χ3v) is 10.8. The molecular weight excluding hydrogens is 687 g/mol. The summed E-state index contributed by atoms with van der Waals surface area (Å²) >= 11 is 0. The second-order valence-electron chi connectivity index (χ2n) is 14.0. The van der Waals surface area contributed by atoms with Gasteiger partial charge < -0.3 is 8.83 Å². The second-order valence-corrected chi connectivity index (χ2v) is 14.0. The minimum absolute atomic E-state index is 0.0489. The maximum Gasteiger partial charge on any atom is 0.164 e. The predicted octanol–water partition coefficient (Wildman–Crippen LogP) is 13.8. The van der Waals surface area contributed by atoms with Crippen LogP contribution in [0.3, 0.4) is 0 Å². The number of fused-ring (bicyclic) bond motifs is 12. The Kier molecular flexibility index (Phi) is 5.58. The Balaban J connectivity index is 1.000. The first-order chi connectivity index (χ1) is 29.8. The van der Waals surface area contributed by atoms with Gasteiger partial charge in [0.1, 0.15) is 22.3 Å². The second kappa shape index (κ2) is 11.9. The van der Waals surface area contributed by atoms with Crippen LogP contribution in [-0.4, -0.2) is 15.0 Å². The van der Waals surface area contributed by atoms with Crippen molar-refractivity contribution in [3.05, 3.63) is 176 Å².